The summed E-state index contributed by atoms with van der Waals surface area (Å²) >= 11 is 0. The van der Waals surface area contributed by atoms with Crippen molar-refractivity contribution in [3.8, 4) is 11.1 Å². The Balaban J connectivity index is 1.64. The SMILES string of the molecule is CN(C)C(=O)[C@]1(Cc2ccccc2-c2ccccc2)CCN(C(=O)[C@@H]2CCCO2)C1. The largest absolute Gasteiger partial charge is 0.368 e. The molecule has 0 bridgehead atoms. The van der Waals surface area contributed by atoms with Gasteiger partial charge in [-0.3, -0.25) is 9.59 Å². The Hall–Kier alpha value is -2.66. The van der Waals surface area contributed by atoms with Gasteiger partial charge >= 0.3 is 0 Å². The van der Waals surface area contributed by atoms with E-state index in [1.54, 1.807) is 19.0 Å². The molecule has 5 heteroatoms. The van der Waals surface area contributed by atoms with Crippen LogP contribution >= 0.6 is 0 Å². The summed E-state index contributed by atoms with van der Waals surface area (Å²) in [4.78, 5) is 29.8. The molecule has 0 aromatic heterocycles. The lowest BCUT2D eigenvalue weighted by Gasteiger charge is -2.32. The highest BCUT2D eigenvalue weighted by atomic mass is 16.5. The van der Waals surface area contributed by atoms with Gasteiger partial charge in [-0.25, -0.2) is 0 Å². The van der Waals surface area contributed by atoms with Gasteiger partial charge in [0.05, 0.1) is 5.41 Å². The van der Waals surface area contributed by atoms with Crippen LogP contribution in [0.15, 0.2) is 54.6 Å². The van der Waals surface area contributed by atoms with Crippen molar-refractivity contribution in [2.75, 3.05) is 33.8 Å². The molecule has 2 atom stereocenters. The Morgan fingerprint density at radius 1 is 1.10 bits per heavy atom. The summed E-state index contributed by atoms with van der Waals surface area (Å²) < 4.78 is 5.61. The third kappa shape index (κ3) is 3.99. The number of ether oxygens (including phenoxy) is 1. The lowest BCUT2D eigenvalue weighted by atomic mass is 9.77. The minimum absolute atomic E-state index is 0.0391. The lowest BCUT2D eigenvalue weighted by Crippen LogP contribution is -2.46. The van der Waals surface area contributed by atoms with E-state index in [1.165, 1.54) is 0 Å². The topological polar surface area (TPSA) is 49.9 Å². The van der Waals surface area contributed by atoms with E-state index in [-0.39, 0.29) is 17.9 Å². The van der Waals surface area contributed by atoms with E-state index in [2.05, 4.69) is 24.3 Å². The Labute approximate surface area is 178 Å². The molecule has 0 radical (unpaired) electrons. The third-order valence-corrected chi connectivity index (χ3v) is 6.36. The standard InChI is InChI=1S/C25H30N2O3/c1-26(2)24(29)25(14-15-27(18-25)23(28)22-13-8-16-30-22)17-20-11-6-7-12-21(20)19-9-4-3-5-10-19/h3-7,9-12,22H,8,13-18H2,1-2H3/t22-,25-/m0/s1. The molecule has 0 unspecified atom stereocenters. The van der Waals surface area contributed by atoms with Crippen molar-refractivity contribution in [2.24, 2.45) is 5.41 Å². The second-order valence-electron chi connectivity index (χ2n) is 8.69. The van der Waals surface area contributed by atoms with Crippen molar-refractivity contribution < 1.29 is 14.3 Å². The molecule has 2 aliphatic rings. The average molecular weight is 407 g/mol. The number of nitrogens with zero attached hydrogens (tertiary/aromatic N) is 2. The van der Waals surface area contributed by atoms with Crippen molar-refractivity contribution >= 4 is 11.8 Å². The molecule has 30 heavy (non-hydrogen) atoms. The van der Waals surface area contributed by atoms with Crippen LogP contribution in [0.5, 0.6) is 0 Å². The molecule has 2 aliphatic heterocycles. The molecule has 5 nitrogen and oxygen atoms in total. The van der Waals surface area contributed by atoms with Crippen LogP contribution in [0, 0.1) is 5.41 Å². The number of amides is 2. The number of benzene rings is 2. The van der Waals surface area contributed by atoms with Crippen LogP contribution in [0.3, 0.4) is 0 Å². The Morgan fingerprint density at radius 3 is 2.53 bits per heavy atom. The highest BCUT2D eigenvalue weighted by molar-refractivity contribution is 5.87. The van der Waals surface area contributed by atoms with Crippen LogP contribution in [0.25, 0.3) is 11.1 Å². The first-order valence-corrected chi connectivity index (χ1v) is 10.8. The summed E-state index contributed by atoms with van der Waals surface area (Å²) in [5, 5.41) is 0. The Kier molecular flexibility index (Phi) is 5.91. The number of carbonyl (C=O) groups excluding carboxylic acids is 2. The molecule has 2 fully saturated rings. The summed E-state index contributed by atoms with van der Waals surface area (Å²) in [5.74, 6) is 0.130. The molecular formula is C25H30N2O3. The summed E-state index contributed by atoms with van der Waals surface area (Å²) in [5.41, 5.74) is 2.83. The quantitative estimate of drug-likeness (QED) is 0.765. The highest BCUT2D eigenvalue weighted by Crippen LogP contribution is 2.39. The van der Waals surface area contributed by atoms with Gasteiger partial charge in [0.2, 0.25) is 5.91 Å². The van der Waals surface area contributed by atoms with Crippen LogP contribution in [0.1, 0.15) is 24.8 Å². The maximum Gasteiger partial charge on any atom is 0.251 e. The second-order valence-corrected chi connectivity index (χ2v) is 8.69. The number of carbonyl (C=O) groups is 2. The molecule has 2 aromatic carbocycles. The van der Waals surface area contributed by atoms with E-state index in [1.807, 2.05) is 35.2 Å². The fourth-order valence-electron chi connectivity index (χ4n) is 4.84. The van der Waals surface area contributed by atoms with Gasteiger partial charge < -0.3 is 14.5 Å². The zero-order valence-electron chi connectivity index (χ0n) is 17.8. The van der Waals surface area contributed by atoms with E-state index >= 15 is 0 Å². The minimum atomic E-state index is -0.608. The molecule has 0 N–H and O–H groups in total. The Bertz CT molecular complexity index is 906. The van der Waals surface area contributed by atoms with E-state index in [4.69, 9.17) is 4.74 Å². The fraction of sp³-hybridized carbons (Fsp3) is 0.440. The van der Waals surface area contributed by atoms with Gasteiger partial charge in [0.25, 0.3) is 5.91 Å². The molecule has 4 rings (SSSR count). The predicted molar refractivity (Wildman–Crippen MR) is 117 cm³/mol. The molecule has 2 amide bonds. The minimum Gasteiger partial charge on any atom is -0.368 e. The summed E-state index contributed by atoms with van der Waals surface area (Å²) in [6.45, 7) is 1.70. The molecular weight excluding hydrogens is 376 g/mol. The van der Waals surface area contributed by atoms with Gasteiger partial charge in [0.1, 0.15) is 6.10 Å². The van der Waals surface area contributed by atoms with Gasteiger partial charge in [-0.05, 0) is 42.4 Å². The van der Waals surface area contributed by atoms with Crippen LogP contribution in [0.4, 0.5) is 0 Å². The normalized spacial score (nSPS) is 23.5. The third-order valence-electron chi connectivity index (χ3n) is 6.36. The van der Waals surface area contributed by atoms with Crippen molar-refractivity contribution in [2.45, 2.75) is 31.8 Å². The zero-order chi connectivity index (χ0) is 21.1. The fourth-order valence-corrected chi connectivity index (χ4v) is 4.84. The van der Waals surface area contributed by atoms with Gasteiger partial charge in [0.15, 0.2) is 0 Å². The lowest BCUT2D eigenvalue weighted by molar-refractivity contribution is -0.142. The first-order valence-electron chi connectivity index (χ1n) is 10.8. The molecule has 0 aliphatic carbocycles. The van der Waals surface area contributed by atoms with Crippen LogP contribution < -0.4 is 0 Å². The van der Waals surface area contributed by atoms with Crippen molar-refractivity contribution in [1.82, 2.24) is 9.80 Å². The Morgan fingerprint density at radius 2 is 1.83 bits per heavy atom. The van der Waals surface area contributed by atoms with E-state index < -0.39 is 5.41 Å². The van der Waals surface area contributed by atoms with Crippen LogP contribution in [0.2, 0.25) is 0 Å². The maximum atomic E-state index is 13.4. The smallest absolute Gasteiger partial charge is 0.251 e. The molecule has 2 heterocycles. The first kappa shape index (κ1) is 20.6. The zero-order valence-corrected chi connectivity index (χ0v) is 17.8. The summed E-state index contributed by atoms with van der Waals surface area (Å²) in [6.07, 6.45) is 2.65. The van der Waals surface area contributed by atoms with Crippen molar-refractivity contribution in [3.05, 3.63) is 60.2 Å². The van der Waals surface area contributed by atoms with Gasteiger partial charge in [-0.2, -0.15) is 0 Å². The van der Waals surface area contributed by atoms with E-state index in [0.29, 0.717) is 32.5 Å². The van der Waals surface area contributed by atoms with Gasteiger partial charge in [0, 0.05) is 33.8 Å². The number of rotatable bonds is 5. The first-order chi connectivity index (χ1) is 14.5. The summed E-state index contributed by atoms with van der Waals surface area (Å²) in [7, 11) is 3.61. The van der Waals surface area contributed by atoms with Crippen LogP contribution in [-0.2, 0) is 20.7 Å². The highest BCUT2D eigenvalue weighted by Gasteiger charge is 2.48. The van der Waals surface area contributed by atoms with Crippen molar-refractivity contribution in [3.63, 3.8) is 0 Å². The number of hydrogen-bond acceptors (Lipinski definition) is 3. The number of hydrogen-bond donors (Lipinski definition) is 0. The predicted octanol–water partition coefficient (Wildman–Crippen LogP) is 3.38. The van der Waals surface area contributed by atoms with E-state index in [9.17, 15) is 9.59 Å². The van der Waals surface area contributed by atoms with Crippen LogP contribution in [-0.4, -0.2) is 61.5 Å². The number of likely N-dealkylation sites (tertiary alicyclic amines) is 1. The second kappa shape index (κ2) is 8.60. The molecule has 0 saturated carbocycles. The molecule has 158 valence electrons. The average Bonchev–Trinajstić information content (AvgIpc) is 3.45. The maximum absolute atomic E-state index is 13.4. The van der Waals surface area contributed by atoms with Crippen molar-refractivity contribution in [1.29, 1.82) is 0 Å². The molecule has 2 saturated heterocycles. The summed E-state index contributed by atoms with van der Waals surface area (Å²) in [6, 6.07) is 18.6. The molecule has 0 spiro atoms. The monoisotopic (exact) mass is 406 g/mol. The van der Waals surface area contributed by atoms with Gasteiger partial charge in [-0.15, -0.1) is 0 Å². The van der Waals surface area contributed by atoms with Gasteiger partial charge in [-0.1, -0.05) is 54.6 Å². The van der Waals surface area contributed by atoms with E-state index in [0.717, 1.165) is 29.5 Å². The molecule has 2 aromatic rings.